The van der Waals surface area contributed by atoms with E-state index in [1.165, 1.54) is 18.5 Å². The molecule has 0 heterocycles. The van der Waals surface area contributed by atoms with E-state index in [2.05, 4.69) is 57.9 Å². The van der Waals surface area contributed by atoms with Gasteiger partial charge in [0.2, 0.25) is 0 Å². The molecule has 0 aliphatic rings. The van der Waals surface area contributed by atoms with Crippen molar-refractivity contribution in [2.45, 2.75) is 59.9 Å². The topological polar surface area (TPSA) is 24.4 Å². The van der Waals surface area contributed by atoms with Crippen LogP contribution in [0.2, 0.25) is 0 Å². The number of aliphatic imine (C=N–C) groups is 1. The van der Waals surface area contributed by atoms with Crippen LogP contribution >= 0.6 is 0 Å². The normalized spacial score (nSPS) is 14.3. The average molecular weight is 210 g/mol. The quantitative estimate of drug-likeness (QED) is 0.545. The number of hydrogen-bond donors (Lipinski definition) is 1. The largest absolute Gasteiger partial charge is 0.384 e. The lowest BCUT2D eigenvalue weighted by Gasteiger charge is -2.22. The minimum atomic E-state index is 0.129. The standard InChI is InChI=1S/C13H26N2/c1-7-8-9-14-11(2)10-12(3)15-13(4,5)6/h10,15H,7-9H2,1-6H3/b12-10-,14-11?. The van der Waals surface area contributed by atoms with Gasteiger partial charge in [0.15, 0.2) is 0 Å². The second-order valence-corrected chi connectivity index (χ2v) is 5.08. The summed E-state index contributed by atoms with van der Waals surface area (Å²) in [5.74, 6) is 0. The highest BCUT2D eigenvalue weighted by Crippen LogP contribution is 2.03. The summed E-state index contributed by atoms with van der Waals surface area (Å²) in [6.07, 6.45) is 4.50. The molecule has 0 aliphatic carbocycles. The van der Waals surface area contributed by atoms with Gasteiger partial charge in [-0.3, -0.25) is 4.99 Å². The Morgan fingerprint density at radius 2 is 1.87 bits per heavy atom. The average Bonchev–Trinajstić information content (AvgIpc) is 2.00. The van der Waals surface area contributed by atoms with Gasteiger partial charge in [0.25, 0.3) is 0 Å². The highest BCUT2D eigenvalue weighted by atomic mass is 15.0. The van der Waals surface area contributed by atoms with Gasteiger partial charge in [0.05, 0.1) is 0 Å². The summed E-state index contributed by atoms with van der Waals surface area (Å²) >= 11 is 0. The third-order valence-electron chi connectivity index (χ3n) is 1.87. The SMILES string of the molecule is CCCCN=C(C)/C=C(/C)NC(C)(C)C. The fourth-order valence-corrected chi connectivity index (χ4v) is 1.40. The first-order valence-corrected chi connectivity index (χ1v) is 5.82. The van der Waals surface area contributed by atoms with Crippen LogP contribution in [-0.2, 0) is 0 Å². The van der Waals surface area contributed by atoms with Crippen LogP contribution in [-0.4, -0.2) is 17.8 Å². The zero-order valence-corrected chi connectivity index (χ0v) is 11.1. The van der Waals surface area contributed by atoms with E-state index in [4.69, 9.17) is 0 Å². The van der Waals surface area contributed by atoms with E-state index in [9.17, 15) is 0 Å². The molecule has 0 rings (SSSR count). The molecule has 0 fully saturated rings. The molecule has 2 nitrogen and oxygen atoms in total. The summed E-state index contributed by atoms with van der Waals surface area (Å²) in [4.78, 5) is 4.48. The molecule has 0 aromatic carbocycles. The molecule has 0 saturated heterocycles. The molecule has 0 aromatic heterocycles. The maximum absolute atomic E-state index is 4.48. The smallest absolute Gasteiger partial charge is 0.0392 e. The van der Waals surface area contributed by atoms with Crippen LogP contribution in [0.15, 0.2) is 16.8 Å². The summed E-state index contributed by atoms with van der Waals surface area (Å²) in [6.45, 7) is 13.8. The Morgan fingerprint density at radius 3 is 2.33 bits per heavy atom. The third kappa shape index (κ3) is 9.51. The molecule has 0 aromatic rings. The van der Waals surface area contributed by atoms with Gasteiger partial charge in [-0.1, -0.05) is 13.3 Å². The molecule has 0 amide bonds. The molecule has 88 valence electrons. The maximum Gasteiger partial charge on any atom is 0.0392 e. The lowest BCUT2D eigenvalue weighted by molar-refractivity contribution is 0.474. The van der Waals surface area contributed by atoms with Gasteiger partial charge in [0, 0.05) is 23.5 Å². The highest BCUT2D eigenvalue weighted by molar-refractivity contribution is 5.93. The van der Waals surface area contributed by atoms with Crippen molar-refractivity contribution in [1.82, 2.24) is 5.32 Å². The number of hydrogen-bond acceptors (Lipinski definition) is 2. The van der Waals surface area contributed by atoms with Crippen LogP contribution in [0.25, 0.3) is 0 Å². The summed E-state index contributed by atoms with van der Waals surface area (Å²) in [6, 6.07) is 0. The van der Waals surface area contributed by atoms with E-state index in [0.717, 1.165) is 12.3 Å². The zero-order valence-electron chi connectivity index (χ0n) is 11.1. The van der Waals surface area contributed by atoms with Gasteiger partial charge >= 0.3 is 0 Å². The van der Waals surface area contributed by atoms with Crippen LogP contribution in [0.3, 0.4) is 0 Å². The molecule has 0 atom stereocenters. The van der Waals surface area contributed by atoms with Gasteiger partial charge in [0.1, 0.15) is 0 Å². The van der Waals surface area contributed by atoms with Crippen LogP contribution in [0.5, 0.6) is 0 Å². The molecule has 0 unspecified atom stereocenters. The Labute approximate surface area is 94.9 Å². The van der Waals surface area contributed by atoms with Gasteiger partial charge in [-0.2, -0.15) is 0 Å². The first-order valence-electron chi connectivity index (χ1n) is 5.82. The van der Waals surface area contributed by atoms with E-state index < -0.39 is 0 Å². The van der Waals surface area contributed by atoms with Crippen molar-refractivity contribution >= 4 is 5.71 Å². The van der Waals surface area contributed by atoms with Gasteiger partial charge in [-0.25, -0.2) is 0 Å². The van der Waals surface area contributed by atoms with Crippen LogP contribution < -0.4 is 5.32 Å². The van der Waals surface area contributed by atoms with Crippen molar-refractivity contribution < 1.29 is 0 Å². The van der Waals surface area contributed by atoms with E-state index in [0.29, 0.717) is 0 Å². The Morgan fingerprint density at radius 1 is 1.27 bits per heavy atom. The highest BCUT2D eigenvalue weighted by Gasteiger charge is 2.07. The Bertz CT molecular complexity index is 231. The Kier molecular flexibility index (Phi) is 6.30. The fraction of sp³-hybridized carbons (Fsp3) is 0.769. The number of unbranched alkanes of at least 4 members (excludes halogenated alkanes) is 1. The molecule has 15 heavy (non-hydrogen) atoms. The van der Waals surface area contributed by atoms with Crippen LogP contribution in [0, 0.1) is 0 Å². The van der Waals surface area contributed by atoms with Gasteiger partial charge in [-0.15, -0.1) is 0 Å². The first kappa shape index (κ1) is 14.2. The predicted molar refractivity (Wildman–Crippen MR) is 69.5 cm³/mol. The fourth-order valence-electron chi connectivity index (χ4n) is 1.40. The van der Waals surface area contributed by atoms with E-state index in [1.807, 2.05) is 0 Å². The number of nitrogens with one attached hydrogen (secondary N) is 1. The van der Waals surface area contributed by atoms with Crippen molar-refractivity contribution in [2.75, 3.05) is 6.54 Å². The summed E-state index contributed by atoms with van der Waals surface area (Å²) < 4.78 is 0. The molecular formula is C13H26N2. The molecule has 0 spiro atoms. The van der Waals surface area contributed by atoms with Crippen LogP contribution in [0.4, 0.5) is 0 Å². The molecule has 1 N–H and O–H groups in total. The van der Waals surface area contributed by atoms with Crippen molar-refractivity contribution in [2.24, 2.45) is 4.99 Å². The first-order chi connectivity index (χ1) is 6.85. The van der Waals surface area contributed by atoms with Crippen molar-refractivity contribution in [3.05, 3.63) is 11.8 Å². The second-order valence-electron chi connectivity index (χ2n) is 5.08. The molecule has 0 bridgehead atoms. The number of rotatable bonds is 5. The minimum Gasteiger partial charge on any atom is -0.384 e. The maximum atomic E-state index is 4.48. The van der Waals surface area contributed by atoms with Crippen molar-refractivity contribution in [3.63, 3.8) is 0 Å². The molecule has 0 aliphatic heterocycles. The summed E-state index contributed by atoms with van der Waals surface area (Å²) in [5, 5.41) is 3.42. The van der Waals surface area contributed by atoms with Crippen molar-refractivity contribution in [1.29, 1.82) is 0 Å². The van der Waals surface area contributed by atoms with E-state index in [1.54, 1.807) is 0 Å². The summed E-state index contributed by atoms with van der Waals surface area (Å²) in [7, 11) is 0. The lowest BCUT2D eigenvalue weighted by Crippen LogP contribution is -2.34. The Hall–Kier alpha value is -0.790. The van der Waals surface area contributed by atoms with Crippen LogP contribution in [0.1, 0.15) is 54.4 Å². The monoisotopic (exact) mass is 210 g/mol. The molecular weight excluding hydrogens is 184 g/mol. The zero-order chi connectivity index (χ0) is 11.9. The van der Waals surface area contributed by atoms with Gasteiger partial charge < -0.3 is 5.32 Å². The molecule has 0 saturated carbocycles. The minimum absolute atomic E-state index is 0.129. The number of allylic oxidation sites excluding steroid dienone is 2. The van der Waals surface area contributed by atoms with E-state index in [-0.39, 0.29) is 5.54 Å². The van der Waals surface area contributed by atoms with Gasteiger partial charge in [-0.05, 0) is 47.1 Å². The van der Waals surface area contributed by atoms with E-state index >= 15 is 0 Å². The van der Waals surface area contributed by atoms with Crippen molar-refractivity contribution in [3.8, 4) is 0 Å². The molecule has 2 heteroatoms. The Balaban J connectivity index is 4.16. The summed E-state index contributed by atoms with van der Waals surface area (Å²) in [5.41, 5.74) is 2.42. The lowest BCUT2D eigenvalue weighted by atomic mass is 10.1. The molecule has 0 radical (unpaired) electrons. The number of nitrogens with zero attached hydrogens (tertiary/aromatic N) is 1. The third-order valence-corrected chi connectivity index (χ3v) is 1.87. The second kappa shape index (κ2) is 6.65. The predicted octanol–water partition coefficient (Wildman–Crippen LogP) is 3.54.